The van der Waals surface area contributed by atoms with Crippen molar-refractivity contribution in [3.05, 3.63) is 69.8 Å². The van der Waals surface area contributed by atoms with Crippen LogP contribution in [0.2, 0.25) is 0 Å². The largest absolute Gasteiger partial charge is 0.497 e. The van der Waals surface area contributed by atoms with Gasteiger partial charge < -0.3 is 20.1 Å². The minimum absolute atomic E-state index is 0.135. The van der Waals surface area contributed by atoms with Crippen LogP contribution in [-0.2, 0) is 12.8 Å². The number of nitrogens with one attached hydrogen (secondary N) is 2. The molecule has 8 heteroatoms. The van der Waals surface area contributed by atoms with Crippen LogP contribution in [0, 0.1) is 17.2 Å². The summed E-state index contributed by atoms with van der Waals surface area (Å²) in [6.45, 7) is 6.70. The molecular formula is C28H31FN2O4S. The number of methoxy groups -OCH3 is 2. The lowest BCUT2D eigenvalue weighted by molar-refractivity contribution is 0.102. The van der Waals surface area contributed by atoms with Gasteiger partial charge in [-0.25, -0.2) is 4.39 Å². The lowest BCUT2D eigenvalue weighted by Gasteiger charge is -2.33. The number of hydrogen-bond donors (Lipinski definition) is 2. The van der Waals surface area contributed by atoms with Gasteiger partial charge in [0, 0.05) is 16.5 Å². The van der Waals surface area contributed by atoms with Crippen molar-refractivity contribution in [2.24, 2.45) is 11.3 Å². The summed E-state index contributed by atoms with van der Waals surface area (Å²) in [5, 5.41) is 6.36. The van der Waals surface area contributed by atoms with Crippen LogP contribution in [0.3, 0.4) is 0 Å². The molecule has 1 atom stereocenters. The number of halogens is 1. The molecule has 1 aromatic heterocycles. The van der Waals surface area contributed by atoms with Gasteiger partial charge in [0.15, 0.2) is 0 Å². The molecule has 0 unspecified atom stereocenters. The minimum Gasteiger partial charge on any atom is -0.497 e. The average molecular weight is 511 g/mol. The van der Waals surface area contributed by atoms with Gasteiger partial charge >= 0.3 is 0 Å². The molecule has 0 spiro atoms. The molecule has 4 rings (SSSR count). The molecule has 0 saturated carbocycles. The summed E-state index contributed by atoms with van der Waals surface area (Å²) in [5.41, 5.74) is 2.35. The van der Waals surface area contributed by atoms with Gasteiger partial charge in [-0.3, -0.25) is 9.59 Å². The second kappa shape index (κ2) is 10.3. The van der Waals surface area contributed by atoms with Crippen molar-refractivity contribution >= 4 is 33.8 Å². The van der Waals surface area contributed by atoms with E-state index in [-0.39, 0.29) is 11.3 Å². The third-order valence-electron chi connectivity index (χ3n) is 6.71. The van der Waals surface area contributed by atoms with E-state index in [2.05, 4.69) is 31.4 Å². The Kier molecular flexibility index (Phi) is 7.36. The lowest BCUT2D eigenvalue weighted by Crippen LogP contribution is -2.27. The number of hydrogen-bond acceptors (Lipinski definition) is 5. The van der Waals surface area contributed by atoms with Crippen LogP contribution in [0.1, 0.15) is 58.3 Å². The Morgan fingerprint density at radius 3 is 2.36 bits per heavy atom. The summed E-state index contributed by atoms with van der Waals surface area (Å²) in [5.74, 6) is 0.406. The highest BCUT2D eigenvalue weighted by Gasteiger charge is 2.34. The number of carbonyl (C=O) groups is 2. The number of benzene rings is 2. The molecule has 0 bridgehead atoms. The number of amides is 2. The fourth-order valence-electron chi connectivity index (χ4n) is 4.53. The van der Waals surface area contributed by atoms with Gasteiger partial charge in [-0.2, -0.15) is 0 Å². The lowest BCUT2D eigenvalue weighted by atomic mass is 9.72. The van der Waals surface area contributed by atoms with Crippen molar-refractivity contribution in [2.45, 2.75) is 40.0 Å². The zero-order valence-corrected chi connectivity index (χ0v) is 22.0. The maximum absolute atomic E-state index is 13.7. The topological polar surface area (TPSA) is 76.7 Å². The van der Waals surface area contributed by atoms with Gasteiger partial charge in [-0.1, -0.05) is 20.8 Å². The quantitative estimate of drug-likeness (QED) is 0.394. The van der Waals surface area contributed by atoms with Crippen LogP contribution in [0.15, 0.2) is 42.5 Å². The number of anilines is 2. The molecule has 36 heavy (non-hydrogen) atoms. The van der Waals surface area contributed by atoms with E-state index >= 15 is 0 Å². The summed E-state index contributed by atoms with van der Waals surface area (Å²) in [6.07, 6.45) is 2.55. The number of rotatable bonds is 6. The van der Waals surface area contributed by atoms with E-state index in [4.69, 9.17) is 9.47 Å². The second-order valence-corrected chi connectivity index (χ2v) is 11.1. The van der Waals surface area contributed by atoms with Crippen molar-refractivity contribution in [1.29, 1.82) is 0 Å². The van der Waals surface area contributed by atoms with E-state index < -0.39 is 11.7 Å². The highest BCUT2D eigenvalue weighted by molar-refractivity contribution is 7.17. The van der Waals surface area contributed by atoms with Crippen LogP contribution >= 0.6 is 11.3 Å². The molecule has 2 amide bonds. The first kappa shape index (κ1) is 25.7. The smallest absolute Gasteiger partial charge is 0.259 e. The van der Waals surface area contributed by atoms with E-state index in [1.807, 2.05) is 0 Å². The van der Waals surface area contributed by atoms with Crippen LogP contribution in [0.5, 0.6) is 11.5 Å². The number of carbonyl (C=O) groups excluding carboxylic acids is 2. The van der Waals surface area contributed by atoms with E-state index in [9.17, 15) is 14.0 Å². The Balaban J connectivity index is 1.71. The van der Waals surface area contributed by atoms with Gasteiger partial charge in [0.2, 0.25) is 0 Å². The van der Waals surface area contributed by atoms with Crippen LogP contribution in [-0.4, -0.2) is 26.0 Å². The Morgan fingerprint density at radius 1 is 1.00 bits per heavy atom. The predicted molar refractivity (Wildman–Crippen MR) is 141 cm³/mol. The third-order valence-corrected chi connectivity index (χ3v) is 7.88. The first-order valence-electron chi connectivity index (χ1n) is 11.9. The Morgan fingerprint density at radius 2 is 1.72 bits per heavy atom. The summed E-state index contributed by atoms with van der Waals surface area (Å²) in [6, 6.07) is 10.5. The third kappa shape index (κ3) is 5.38. The van der Waals surface area contributed by atoms with Crippen LogP contribution in [0.25, 0.3) is 0 Å². The normalized spacial score (nSPS) is 15.1. The molecule has 2 aromatic carbocycles. The molecule has 0 aliphatic heterocycles. The van der Waals surface area contributed by atoms with Gasteiger partial charge in [0.1, 0.15) is 22.3 Å². The molecule has 1 aliphatic carbocycles. The Labute approximate surface area is 214 Å². The maximum atomic E-state index is 13.7. The number of fused-ring (bicyclic) bond motifs is 1. The van der Waals surface area contributed by atoms with Gasteiger partial charge in [0.25, 0.3) is 11.8 Å². The highest BCUT2D eigenvalue weighted by atomic mass is 32.1. The predicted octanol–water partition coefficient (Wildman–Crippen LogP) is 6.56. The second-order valence-electron chi connectivity index (χ2n) is 10.00. The molecule has 3 aromatic rings. The molecule has 1 aliphatic rings. The van der Waals surface area contributed by atoms with E-state index in [0.717, 1.165) is 29.7 Å². The summed E-state index contributed by atoms with van der Waals surface area (Å²) < 4.78 is 24.1. The van der Waals surface area contributed by atoms with Gasteiger partial charge in [-0.15, -0.1) is 11.3 Å². The molecule has 0 fully saturated rings. The molecule has 1 heterocycles. The first-order chi connectivity index (χ1) is 17.1. The summed E-state index contributed by atoms with van der Waals surface area (Å²) in [4.78, 5) is 27.8. The van der Waals surface area contributed by atoms with Gasteiger partial charge in [-0.05, 0) is 72.6 Å². The SMILES string of the molecule is COc1ccc(OC)c(NC(=O)c2c(NC(=O)c3ccc(F)cc3)sc3c2CC[C@H](C(C)(C)C)C3)c1. The van der Waals surface area contributed by atoms with E-state index in [1.165, 1.54) is 42.7 Å². The van der Waals surface area contributed by atoms with Crippen molar-refractivity contribution in [3.63, 3.8) is 0 Å². The van der Waals surface area contributed by atoms with Crippen LogP contribution in [0.4, 0.5) is 15.1 Å². The summed E-state index contributed by atoms with van der Waals surface area (Å²) >= 11 is 1.44. The fourth-order valence-corrected chi connectivity index (χ4v) is 5.85. The summed E-state index contributed by atoms with van der Waals surface area (Å²) in [7, 11) is 3.09. The van der Waals surface area contributed by atoms with Crippen molar-refractivity contribution in [3.8, 4) is 11.5 Å². The molecule has 0 radical (unpaired) electrons. The zero-order valence-electron chi connectivity index (χ0n) is 21.2. The van der Waals surface area contributed by atoms with Crippen LogP contribution < -0.4 is 20.1 Å². The maximum Gasteiger partial charge on any atom is 0.259 e. The number of thiophene rings is 1. The molecule has 2 N–H and O–H groups in total. The number of ether oxygens (including phenoxy) is 2. The molecule has 190 valence electrons. The standard InChI is InChI=1S/C28H31FN2O4S/c1-28(2,3)17-8-12-20-23(14-17)36-27(31-25(32)16-6-9-18(29)10-7-16)24(20)26(33)30-21-15-19(34-4)11-13-22(21)35-5/h6-7,9-11,13,15,17H,8,12,14H2,1-5H3,(H,30,33)(H,31,32)/t17-/m0/s1. The van der Waals surface area contributed by atoms with Crippen molar-refractivity contribution in [2.75, 3.05) is 24.9 Å². The van der Waals surface area contributed by atoms with E-state index in [1.54, 1.807) is 25.3 Å². The van der Waals surface area contributed by atoms with E-state index in [0.29, 0.717) is 39.2 Å². The first-order valence-corrected chi connectivity index (χ1v) is 12.7. The average Bonchev–Trinajstić information content (AvgIpc) is 3.20. The molecule has 6 nitrogen and oxygen atoms in total. The monoisotopic (exact) mass is 510 g/mol. The van der Waals surface area contributed by atoms with Crippen molar-refractivity contribution < 1.29 is 23.5 Å². The molecule has 0 saturated heterocycles. The molecular weight excluding hydrogens is 479 g/mol. The van der Waals surface area contributed by atoms with Crippen molar-refractivity contribution in [1.82, 2.24) is 0 Å². The Hall–Kier alpha value is -3.39. The highest BCUT2D eigenvalue weighted by Crippen LogP contribution is 2.45. The zero-order chi connectivity index (χ0) is 26.0. The van der Waals surface area contributed by atoms with Gasteiger partial charge in [0.05, 0.1) is 25.5 Å². The minimum atomic E-state index is -0.418. The fraction of sp³-hybridized carbons (Fsp3) is 0.357. The Bertz CT molecular complexity index is 1280.